The maximum Gasteiger partial charge on any atom is 0.287 e. The van der Waals surface area contributed by atoms with Crippen LogP contribution in [0, 0.1) is 6.92 Å². The second-order valence-electron chi connectivity index (χ2n) is 6.39. The maximum absolute atomic E-state index is 12.6. The number of nitrogens with zero attached hydrogens (tertiary/aromatic N) is 1. The van der Waals surface area contributed by atoms with Crippen molar-refractivity contribution >= 4 is 21.6 Å². The van der Waals surface area contributed by atoms with Crippen LogP contribution in [0.1, 0.15) is 34.7 Å². The van der Waals surface area contributed by atoms with E-state index in [1.54, 1.807) is 6.92 Å². The molecule has 0 spiro atoms. The van der Waals surface area contributed by atoms with Crippen molar-refractivity contribution in [2.45, 2.75) is 31.1 Å². The molecule has 0 atom stereocenters. The lowest BCUT2D eigenvalue weighted by Crippen LogP contribution is -2.28. The van der Waals surface area contributed by atoms with Crippen LogP contribution in [0.25, 0.3) is 0 Å². The first-order valence-electron chi connectivity index (χ1n) is 8.61. The summed E-state index contributed by atoms with van der Waals surface area (Å²) in [5.74, 6) is -0.176. The molecule has 140 valence electrons. The Hall–Kier alpha value is -2.32. The van der Waals surface area contributed by atoms with Crippen molar-refractivity contribution < 1.29 is 17.6 Å². The molecule has 1 aromatic heterocycles. The van der Waals surface area contributed by atoms with Gasteiger partial charge >= 0.3 is 0 Å². The van der Waals surface area contributed by atoms with E-state index in [2.05, 4.69) is 5.32 Å². The Labute approximate surface area is 153 Å². The van der Waals surface area contributed by atoms with E-state index in [1.165, 1.54) is 10.4 Å². The molecule has 0 aliphatic carbocycles. The highest BCUT2D eigenvalue weighted by molar-refractivity contribution is 7.89. The number of carbonyl (C=O) groups is 1. The molecule has 0 radical (unpaired) electrons. The van der Waals surface area contributed by atoms with Gasteiger partial charge in [0, 0.05) is 31.4 Å². The Morgan fingerprint density at radius 2 is 1.88 bits per heavy atom. The largest absolute Gasteiger partial charge is 0.455 e. The van der Waals surface area contributed by atoms with Gasteiger partial charge in [-0.1, -0.05) is 12.1 Å². The number of nitrogen functional groups attached to an aromatic ring is 1. The number of nitrogens with one attached hydrogen (secondary N) is 1. The van der Waals surface area contributed by atoms with Crippen LogP contribution in [-0.2, 0) is 16.4 Å². The molecule has 1 aliphatic heterocycles. The van der Waals surface area contributed by atoms with Crippen LogP contribution in [-0.4, -0.2) is 38.3 Å². The van der Waals surface area contributed by atoms with Gasteiger partial charge in [0.2, 0.25) is 10.0 Å². The number of rotatable bonds is 6. The highest BCUT2D eigenvalue weighted by Crippen LogP contribution is 2.26. The number of carbonyl (C=O) groups excluding carboxylic acids is 1. The lowest BCUT2D eigenvalue weighted by Gasteiger charge is -2.14. The van der Waals surface area contributed by atoms with Crippen LogP contribution < -0.4 is 11.1 Å². The second-order valence-corrected chi connectivity index (χ2v) is 8.30. The third kappa shape index (κ3) is 3.91. The number of hydrogen-bond acceptors (Lipinski definition) is 5. The van der Waals surface area contributed by atoms with Crippen molar-refractivity contribution in [3.05, 3.63) is 47.4 Å². The van der Waals surface area contributed by atoms with Crippen LogP contribution in [0.4, 0.5) is 5.69 Å². The van der Waals surface area contributed by atoms with Crippen LogP contribution in [0.15, 0.2) is 39.6 Å². The average Bonchev–Trinajstić information content (AvgIpc) is 3.27. The molecule has 7 nitrogen and oxygen atoms in total. The van der Waals surface area contributed by atoms with Crippen molar-refractivity contribution in [3.63, 3.8) is 0 Å². The smallest absolute Gasteiger partial charge is 0.287 e. The predicted molar refractivity (Wildman–Crippen MR) is 98.3 cm³/mol. The van der Waals surface area contributed by atoms with E-state index in [0.717, 1.165) is 18.4 Å². The summed E-state index contributed by atoms with van der Waals surface area (Å²) in [6, 6.07) is 8.74. The van der Waals surface area contributed by atoms with E-state index in [-0.39, 0.29) is 16.4 Å². The lowest BCUT2D eigenvalue weighted by atomic mass is 10.1. The highest BCUT2D eigenvalue weighted by atomic mass is 32.2. The zero-order chi connectivity index (χ0) is 18.7. The topological polar surface area (TPSA) is 106 Å². The monoisotopic (exact) mass is 377 g/mol. The summed E-state index contributed by atoms with van der Waals surface area (Å²) in [5.41, 5.74) is 7.38. The van der Waals surface area contributed by atoms with Gasteiger partial charge in [0.1, 0.15) is 10.7 Å². The Balaban J connectivity index is 1.64. The minimum Gasteiger partial charge on any atom is -0.455 e. The zero-order valence-electron chi connectivity index (χ0n) is 14.7. The van der Waals surface area contributed by atoms with Gasteiger partial charge in [-0.05, 0) is 43.9 Å². The van der Waals surface area contributed by atoms with Gasteiger partial charge < -0.3 is 15.5 Å². The molecule has 26 heavy (non-hydrogen) atoms. The molecular formula is C18H23N3O4S. The molecule has 1 fully saturated rings. The highest BCUT2D eigenvalue weighted by Gasteiger charge is 2.31. The van der Waals surface area contributed by atoms with Gasteiger partial charge in [0.25, 0.3) is 5.91 Å². The van der Waals surface area contributed by atoms with E-state index in [4.69, 9.17) is 10.2 Å². The molecule has 2 heterocycles. The Morgan fingerprint density at radius 1 is 1.23 bits per heavy atom. The quantitative estimate of drug-likeness (QED) is 0.748. The maximum atomic E-state index is 12.6. The minimum absolute atomic E-state index is 0.0116. The van der Waals surface area contributed by atoms with Gasteiger partial charge in [0.15, 0.2) is 5.76 Å². The fourth-order valence-electron chi connectivity index (χ4n) is 2.99. The first kappa shape index (κ1) is 18.5. The second kappa shape index (κ2) is 7.51. The summed E-state index contributed by atoms with van der Waals surface area (Å²) in [4.78, 5) is 12.3. The summed E-state index contributed by atoms with van der Waals surface area (Å²) >= 11 is 0. The molecule has 2 aromatic rings. The van der Waals surface area contributed by atoms with Crippen molar-refractivity contribution in [1.29, 1.82) is 0 Å². The van der Waals surface area contributed by atoms with E-state index >= 15 is 0 Å². The van der Waals surface area contributed by atoms with Crippen LogP contribution >= 0.6 is 0 Å². The standard InChI is InChI=1S/C18H23N3O4S/c1-13-17(26(23,24)21-10-2-3-11-21)12-16(25-13)18(22)20-9-8-14-4-6-15(19)7-5-14/h4-7,12H,2-3,8-11,19H2,1H3,(H,20,22). The predicted octanol–water partition coefficient (Wildman–Crippen LogP) is 1.93. The molecule has 1 aliphatic rings. The first-order valence-corrected chi connectivity index (χ1v) is 10.0. The van der Waals surface area contributed by atoms with Gasteiger partial charge in [-0.25, -0.2) is 8.42 Å². The zero-order valence-corrected chi connectivity index (χ0v) is 15.5. The third-order valence-electron chi connectivity index (χ3n) is 4.46. The lowest BCUT2D eigenvalue weighted by molar-refractivity contribution is 0.0925. The molecule has 1 aromatic carbocycles. The number of aryl methyl sites for hydroxylation is 1. The molecule has 3 N–H and O–H groups in total. The Bertz CT molecular complexity index is 882. The Morgan fingerprint density at radius 3 is 2.54 bits per heavy atom. The number of benzene rings is 1. The first-order chi connectivity index (χ1) is 12.4. The van der Waals surface area contributed by atoms with Crippen molar-refractivity contribution in [2.24, 2.45) is 0 Å². The summed E-state index contributed by atoms with van der Waals surface area (Å²) < 4.78 is 32.1. The van der Waals surface area contributed by atoms with Crippen LogP contribution in [0.3, 0.4) is 0 Å². The van der Waals surface area contributed by atoms with Crippen LogP contribution in [0.2, 0.25) is 0 Å². The average molecular weight is 377 g/mol. The van der Waals surface area contributed by atoms with E-state index in [1.807, 2.05) is 24.3 Å². The SMILES string of the molecule is Cc1oc(C(=O)NCCc2ccc(N)cc2)cc1S(=O)(=O)N1CCCC1. The third-order valence-corrected chi connectivity index (χ3v) is 6.46. The molecule has 0 saturated carbocycles. The van der Waals surface area contributed by atoms with Gasteiger partial charge in [-0.15, -0.1) is 0 Å². The van der Waals surface area contributed by atoms with E-state index in [0.29, 0.717) is 31.7 Å². The summed E-state index contributed by atoms with van der Waals surface area (Å²) in [6.45, 7) is 3.00. The number of amides is 1. The number of furan rings is 1. The van der Waals surface area contributed by atoms with E-state index in [9.17, 15) is 13.2 Å². The summed E-state index contributed by atoms with van der Waals surface area (Å²) in [7, 11) is -3.60. The van der Waals surface area contributed by atoms with Crippen molar-refractivity contribution in [2.75, 3.05) is 25.4 Å². The van der Waals surface area contributed by atoms with Gasteiger partial charge in [0.05, 0.1) is 0 Å². The number of anilines is 1. The Kier molecular flexibility index (Phi) is 5.33. The summed E-state index contributed by atoms with van der Waals surface area (Å²) in [5, 5.41) is 2.75. The van der Waals surface area contributed by atoms with Gasteiger partial charge in [-0.2, -0.15) is 4.31 Å². The minimum atomic E-state index is -3.60. The number of hydrogen-bond donors (Lipinski definition) is 2. The number of sulfonamides is 1. The van der Waals surface area contributed by atoms with Crippen molar-refractivity contribution in [3.8, 4) is 0 Å². The molecular weight excluding hydrogens is 354 g/mol. The molecule has 1 amide bonds. The van der Waals surface area contributed by atoms with Crippen LogP contribution in [0.5, 0.6) is 0 Å². The van der Waals surface area contributed by atoms with Crippen molar-refractivity contribution in [1.82, 2.24) is 9.62 Å². The normalized spacial score (nSPS) is 15.3. The fraction of sp³-hybridized carbons (Fsp3) is 0.389. The van der Waals surface area contributed by atoms with Gasteiger partial charge in [-0.3, -0.25) is 4.79 Å². The number of nitrogens with two attached hydrogens (primary N) is 1. The fourth-order valence-corrected chi connectivity index (χ4v) is 4.67. The molecule has 1 saturated heterocycles. The molecule has 8 heteroatoms. The van der Waals surface area contributed by atoms with E-state index < -0.39 is 15.9 Å². The molecule has 0 unspecified atom stereocenters. The molecule has 3 rings (SSSR count). The summed E-state index contributed by atoms with van der Waals surface area (Å²) in [6.07, 6.45) is 2.36. The molecule has 0 bridgehead atoms.